The number of rotatable bonds is 1. The topological polar surface area (TPSA) is 32.7 Å². The number of nitrogens with zero attached hydrogens (tertiary/aromatic N) is 2. The molecule has 0 N–H and O–H groups in total. The van der Waals surface area contributed by atoms with Gasteiger partial charge in [0.05, 0.1) is 4.75 Å². The standard InChI is InChI=1S/C8H18N2OS/c1-8(2,3)12(11,9-4)10-6-5-7-10/h5-7H2,1-4H3. The molecule has 0 aliphatic carbocycles. The van der Waals surface area contributed by atoms with E-state index in [1.54, 1.807) is 7.05 Å². The van der Waals surface area contributed by atoms with E-state index in [1.807, 2.05) is 25.1 Å². The van der Waals surface area contributed by atoms with E-state index in [4.69, 9.17) is 0 Å². The largest absolute Gasteiger partial charge is 0.233 e. The fourth-order valence-corrected chi connectivity index (χ4v) is 3.62. The van der Waals surface area contributed by atoms with Gasteiger partial charge in [0.2, 0.25) is 0 Å². The van der Waals surface area contributed by atoms with Crippen LogP contribution in [0.15, 0.2) is 4.36 Å². The first-order valence-electron chi connectivity index (χ1n) is 4.32. The molecular weight excluding hydrogens is 172 g/mol. The van der Waals surface area contributed by atoms with Gasteiger partial charge >= 0.3 is 0 Å². The highest BCUT2D eigenvalue weighted by Gasteiger charge is 2.35. The summed E-state index contributed by atoms with van der Waals surface area (Å²) >= 11 is 0. The first-order chi connectivity index (χ1) is 5.42. The van der Waals surface area contributed by atoms with Crippen molar-refractivity contribution < 1.29 is 4.21 Å². The van der Waals surface area contributed by atoms with Crippen LogP contribution >= 0.6 is 0 Å². The van der Waals surface area contributed by atoms with Crippen molar-refractivity contribution in [3.05, 3.63) is 0 Å². The van der Waals surface area contributed by atoms with Crippen molar-refractivity contribution in [3.8, 4) is 0 Å². The first kappa shape index (κ1) is 9.99. The van der Waals surface area contributed by atoms with Crippen LogP contribution in [0.3, 0.4) is 0 Å². The smallest absolute Gasteiger partial charge is 0.115 e. The summed E-state index contributed by atoms with van der Waals surface area (Å²) in [6.07, 6.45) is 1.16. The van der Waals surface area contributed by atoms with Gasteiger partial charge in [-0.05, 0) is 27.2 Å². The van der Waals surface area contributed by atoms with Crippen LogP contribution in [-0.4, -0.2) is 33.4 Å². The quantitative estimate of drug-likeness (QED) is 0.617. The molecule has 3 nitrogen and oxygen atoms in total. The molecule has 0 spiro atoms. The Kier molecular flexibility index (Phi) is 2.50. The van der Waals surface area contributed by atoms with Gasteiger partial charge in [-0.2, -0.15) is 0 Å². The molecule has 1 heterocycles. The van der Waals surface area contributed by atoms with Gasteiger partial charge in [0.25, 0.3) is 0 Å². The molecule has 72 valence electrons. The number of hydrogen-bond donors (Lipinski definition) is 0. The van der Waals surface area contributed by atoms with E-state index in [0.29, 0.717) is 0 Å². The summed E-state index contributed by atoms with van der Waals surface area (Å²) in [6, 6.07) is 0. The van der Waals surface area contributed by atoms with Gasteiger partial charge in [0.1, 0.15) is 9.92 Å². The SMILES string of the molecule is CN=S(=O)(N1CCC1)C(C)(C)C. The molecule has 1 rings (SSSR count). The van der Waals surface area contributed by atoms with Crippen LogP contribution in [0.4, 0.5) is 0 Å². The summed E-state index contributed by atoms with van der Waals surface area (Å²) in [4.78, 5) is 0. The second-order valence-corrected chi connectivity index (χ2v) is 7.17. The summed E-state index contributed by atoms with van der Waals surface area (Å²) in [5.74, 6) is 0. The Morgan fingerprint density at radius 1 is 1.33 bits per heavy atom. The molecule has 0 aromatic rings. The normalized spacial score (nSPS) is 24.3. The van der Waals surface area contributed by atoms with Gasteiger partial charge in [-0.3, -0.25) is 0 Å². The number of hydrogen-bond acceptors (Lipinski definition) is 2. The lowest BCUT2D eigenvalue weighted by atomic mass is 10.3. The molecule has 1 aliphatic heterocycles. The van der Waals surface area contributed by atoms with Crippen LogP contribution in [0, 0.1) is 0 Å². The third-order valence-corrected chi connectivity index (χ3v) is 5.37. The van der Waals surface area contributed by atoms with Crippen LogP contribution < -0.4 is 0 Å². The first-order valence-corrected chi connectivity index (χ1v) is 5.79. The van der Waals surface area contributed by atoms with Crippen molar-refractivity contribution in [2.45, 2.75) is 31.9 Å². The van der Waals surface area contributed by atoms with Crippen LogP contribution in [0.1, 0.15) is 27.2 Å². The summed E-state index contributed by atoms with van der Waals surface area (Å²) in [6.45, 7) is 7.84. The van der Waals surface area contributed by atoms with E-state index >= 15 is 0 Å². The second-order valence-electron chi connectivity index (χ2n) is 4.07. The molecule has 0 aromatic carbocycles. The van der Waals surface area contributed by atoms with E-state index in [9.17, 15) is 4.21 Å². The third-order valence-electron chi connectivity index (χ3n) is 2.21. The van der Waals surface area contributed by atoms with Crippen molar-refractivity contribution in [2.24, 2.45) is 4.36 Å². The molecule has 1 unspecified atom stereocenters. The lowest BCUT2D eigenvalue weighted by Crippen LogP contribution is -2.49. The molecule has 12 heavy (non-hydrogen) atoms. The van der Waals surface area contributed by atoms with E-state index in [0.717, 1.165) is 19.5 Å². The van der Waals surface area contributed by atoms with Gasteiger partial charge in [-0.15, -0.1) is 0 Å². The molecule has 0 radical (unpaired) electrons. The van der Waals surface area contributed by atoms with Gasteiger partial charge < -0.3 is 0 Å². The molecule has 0 saturated carbocycles. The van der Waals surface area contributed by atoms with E-state index < -0.39 is 9.92 Å². The Hall–Kier alpha value is -0.0900. The molecule has 0 aromatic heterocycles. The predicted octanol–water partition coefficient (Wildman–Crippen LogP) is 1.50. The van der Waals surface area contributed by atoms with Gasteiger partial charge in [-0.1, -0.05) is 0 Å². The highest BCUT2D eigenvalue weighted by Crippen LogP contribution is 2.26. The Labute approximate surface area is 75.5 Å². The van der Waals surface area contributed by atoms with Crippen molar-refractivity contribution in [2.75, 3.05) is 20.1 Å². The van der Waals surface area contributed by atoms with E-state index in [2.05, 4.69) is 4.36 Å². The summed E-state index contributed by atoms with van der Waals surface area (Å²) < 4.78 is 18.1. The van der Waals surface area contributed by atoms with E-state index in [1.165, 1.54) is 0 Å². The highest BCUT2D eigenvalue weighted by molar-refractivity contribution is 7.92. The minimum Gasteiger partial charge on any atom is -0.233 e. The average Bonchev–Trinajstić information content (AvgIpc) is 1.81. The van der Waals surface area contributed by atoms with Crippen molar-refractivity contribution >= 4 is 9.92 Å². The summed E-state index contributed by atoms with van der Waals surface area (Å²) in [5, 5.41) is 0. The average molecular weight is 190 g/mol. The Bertz CT molecular complexity index is 267. The lowest BCUT2D eigenvalue weighted by Gasteiger charge is -2.39. The lowest BCUT2D eigenvalue weighted by molar-refractivity contribution is 0.316. The van der Waals surface area contributed by atoms with Crippen LogP contribution in [0.25, 0.3) is 0 Å². The molecule has 1 aliphatic rings. The minimum atomic E-state index is -2.13. The van der Waals surface area contributed by atoms with Gasteiger partial charge in [-0.25, -0.2) is 12.9 Å². The maximum Gasteiger partial charge on any atom is 0.115 e. The van der Waals surface area contributed by atoms with Gasteiger partial charge in [0.15, 0.2) is 0 Å². The second kappa shape index (κ2) is 3.00. The fourth-order valence-electron chi connectivity index (χ4n) is 1.31. The maximum absolute atomic E-state index is 12.3. The summed E-state index contributed by atoms with van der Waals surface area (Å²) in [5.41, 5.74) is 0. The minimum absolute atomic E-state index is 0.234. The molecular formula is C8H18N2OS. The highest BCUT2D eigenvalue weighted by atomic mass is 32.2. The van der Waals surface area contributed by atoms with Crippen LogP contribution in [0.5, 0.6) is 0 Å². The zero-order valence-electron chi connectivity index (χ0n) is 8.33. The molecule has 1 fully saturated rings. The zero-order valence-corrected chi connectivity index (χ0v) is 9.15. The fraction of sp³-hybridized carbons (Fsp3) is 1.00. The Morgan fingerprint density at radius 2 is 1.83 bits per heavy atom. The molecule has 0 amide bonds. The summed E-state index contributed by atoms with van der Waals surface area (Å²) in [7, 11) is -0.468. The van der Waals surface area contributed by atoms with Crippen LogP contribution in [0.2, 0.25) is 0 Å². The molecule has 1 atom stereocenters. The van der Waals surface area contributed by atoms with Crippen molar-refractivity contribution in [3.63, 3.8) is 0 Å². The van der Waals surface area contributed by atoms with Gasteiger partial charge in [0, 0.05) is 20.1 Å². The third kappa shape index (κ3) is 1.38. The van der Waals surface area contributed by atoms with Crippen LogP contribution in [-0.2, 0) is 9.92 Å². The zero-order chi connectivity index (χ0) is 9.41. The molecule has 4 heteroatoms. The van der Waals surface area contributed by atoms with Crippen molar-refractivity contribution in [1.82, 2.24) is 4.31 Å². The van der Waals surface area contributed by atoms with Crippen molar-refractivity contribution in [1.29, 1.82) is 0 Å². The monoisotopic (exact) mass is 190 g/mol. The Morgan fingerprint density at radius 3 is 1.92 bits per heavy atom. The van der Waals surface area contributed by atoms with E-state index in [-0.39, 0.29) is 4.75 Å². The maximum atomic E-state index is 12.3. The molecule has 0 bridgehead atoms. The molecule has 1 saturated heterocycles. The Balaban J connectivity index is 2.99. The predicted molar refractivity (Wildman–Crippen MR) is 52.4 cm³/mol.